The maximum atomic E-state index is 15.0. The van der Waals surface area contributed by atoms with Crippen LogP contribution < -0.4 is 26.2 Å². The molecular formula is C43H41F3N8O4. The Morgan fingerprint density at radius 2 is 1.59 bits per heavy atom. The topological polar surface area (TPSA) is 157 Å². The number of nitrogen functional groups attached to an aromatic ring is 1. The van der Waals surface area contributed by atoms with Crippen molar-refractivity contribution in [3.05, 3.63) is 107 Å². The number of hydrogen-bond acceptors (Lipinski definition) is 9. The monoisotopic (exact) mass is 790 g/mol. The van der Waals surface area contributed by atoms with Crippen LogP contribution in [0.1, 0.15) is 52.0 Å². The van der Waals surface area contributed by atoms with Crippen LogP contribution in [0, 0.1) is 28.8 Å². The Morgan fingerprint density at radius 1 is 0.845 bits per heavy atom. The van der Waals surface area contributed by atoms with Crippen LogP contribution in [0.2, 0.25) is 0 Å². The van der Waals surface area contributed by atoms with Crippen LogP contribution in [0.4, 0.5) is 30.2 Å². The number of likely N-dealkylation sites (tertiary alicyclic amines) is 1. The predicted molar refractivity (Wildman–Crippen MR) is 212 cm³/mol. The summed E-state index contributed by atoms with van der Waals surface area (Å²) in [4.78, 5) is 63.7. The smallest absolute Gasteiger partial charge is 0.254 e. The van der Waals surface area contributed by atoms with E-state index < -0.39 is 46.7 Å². The van der Waals surface area contributed by atoms with E-state index in [4.69, 9.17) is 5.73 Å². The van der Waals surface area contributed by atoms with Gasteiger partial charge in [0, 0.05) is 97.9 Å². The highest BCUT2D eigenvalue weighted by Gasteiger charge is 2.52. The number of piperidine rings is 2. The number of anilines is 3. The fourth-order valence-electron chi connectivity index (χ4n) is 8.99. The summed E-state index contributed by atoms with van der Waals surface area (Å²) in [6.07, 6.45) is 5.58. The summed E-state index contributed by atoms with van der Waals surface area (Å²) in [5.41, 5.74) is 8.72. The number of amides is 3. The van der Waals surface area contributed by atoms with Crippen molar-refractivity contribution in [2.75, 3.05) is 61.3 Å². The van der Waals surface area contributed by atoms with Crippen LogP contribution in [-0.4, -0.2) is 90.2 Å². The number of aromatic nitrogens is 2. The minimum Gasteiger partial charge on any atom is -0.396 e. The van der Waals surface area contributed by atoms with E-state index in [9.17, 15) is 28.0 Å². The van der Waals surface area contributed by atoms with Crippen molar-refractivity contribution >= 4 is 51.6 Å². The average Bonchev–Trinajstić information content (AvgIpc) is 3.62. The summed E-state index contributed by atoms with van der Waals surface area (Å²) in [6, 6.07) is 15.8. The first-order valence-corrected chi connectivity index (χ1v) is 19.5. The molecule has 4 saturated heterocycles. The lowest BCUT2D eigenvalue weighted by Crippen LogP contribution is -2.72. The zero-order valence-corrected chi connectivity index (χ0v) is 31.5. The molecule has 3 amide bonds. The molecule has 0 aliphatic carbocycles. The molecule has 4 aliphatic rings. The molecule has 4 fully saturated rings. The molecule has 5 aromatic rings. The van der Waals surface area contributed by atoms with E-state index in [0.29, 0.717) is 17.0 Å². The van der Waals surface area contributed by atoms with Gasteiger partial charge in [-0.2, -0.15) is 0 Å². The van der Waals surface area contributed by atoms with E-state index in [1.165, 1.54) is 18.3 Å². The maximum absolute atomic E-state index is 15.0. The minimum absolute atomic E-state index is 0.105. The number of rotatable bonds is 9. The molecule has 4 aliphatic heterocycles. The third-order valence-electron chi connectivity index (χ3n) is 12.1. The Kier molecular flexibility index (Phi) is 9.42. The summed E-state index contributed by atoms with van der Waals surface area (Å²) < 4.78 is 44.2. The van der Waals surface area contributed by atoms with E-state index in [1.54, 1.807) is 18.3 Å². The minimum atomic E-state index is -1.08. The number of nitrogens with two attached hydrogens (primary N) is 1. The SMILES string of the molecule is Nc1ccc(F)c(C(=O)c2c[nH]c3ncc(-c4ccc(N5CCC(CN6CC7(C6)CN(c6ccc(C(=O)N[C@H]8CCC(=O)NC8=O)c(F)c6)C7)CC5)cc4)cc23)c1F. The van der Waals surface area contributed by atoms with Gasteiger partial charge in [-0.05, 0) is 79.3 Å². The van der Waals surface area contributed by atoms with Gasteiger partial charge in [-0.1, -0.05) is 12.1 Å². The van der Waals surface area contributed by atoms with Gasteiger partial charge in [0.1, 0.15) is 23.3 Å². The fraction of sp³-hybridized carbons (Fsp3) is 0.326. The number of carbonyl (C=O) groups excluding carboxylic acids is 4. The highest BCUT2D eigenvalue weighted by molar-refractivity contribution is 6.16. The van der Waals surface area contributed by atoms with E-state index >= 15 is 4.39 Å². The van der Waals surface area contributed by atoms with Crippen LogP contribution in [0.15, 0.2) is 73.1 Å². The van der Waals surface area contributed by atoms with Gasteiger partial charge in [0.2, 0.25) is 17.6 Å². The molecule has 2 aromatic heterocycles. The molecule has 0 radical (unpaired) electrons. The molecule has 3 aromatic carbocycles. The summed E-state index contributed by atoms with van der Waals surface area (Å²) >= 11 is 0. The normalized spacial score (nSPS) is 19.5. The van der Waals surface area contributed by atoms with E-state index in [-0.39, 0.29) is 41.0 Å². The van der Waals surface area contributed by atoms with Crippen molar-refractivity contribution in [3.8, 4) is 11.1 Å². The van der Waals surface area contributed by atoms with Crippen LogP contribution in [-0.2, 0) is 9.59 Å². The summed E-state index contributed by atoms with van der Waals surface area (Å²) in [5, 5.41) is 5.18. The summed E-state index contributed by atoms with van der Waals surface area (Å²) in [5.74, 6) is -4.57. The Hall–Kier alpha value is -6.22. The van der Waals surface area contributed by atoms with Crippen molar-refractivity contribution in [1.82, 2.24) is 25.5 Å². The molecule has 9 rings (SSSR count). The number of ketones is 1. The number of benzene rings is 3. The Morgan fingerprint density at radius 3 is 2.31 bits per heavy atom. The predicted octanol–water partition coefficient (Wildman–Crippen LogP) is 5.03. The molecule has 0 bridgehead atoms. The van der Waals surface area contributed by atoms with Crippen molar-refractivity contribution < 1.29 is 32.3 Å². The second kappa shape index (κ2) is 14.6. The number of aromatic amines is 1. The molecule has 298 valence electrons. The molecule has 58 heavy (non-hydrogen) atoms. The Balaban J connectivity index is 0.744. The van der Waals surface area contributed by atoms with Crippen molar-refractivity contribution in [2.45, 2.75) is 31.7 Å². The molecule has 15 heteroatoms. The lowest BCUT2D eigenvalue weighted by atomic mass is 9.72. The lowest BCUT2D eigenvalue weighted by Gasteiger charge is -2.61. The fourth-order valence-corrected chi connectivity index (χ4v) is 8.99. The van der Waals surface area contributed by atoms with Crippen LogP contribution in [0.3, 0.4) is 0 Å². The number of fused-ring (bicyclic) bond motifs is 1. The van der Waals surface area contributed by atoms with E-state index in [1.807, 2.05) is 12.1 Å². The number of H-pyrrole nitrogens is 1. The molecule has 1 atom stereocenters. The zero-order valence-electron chi connectivity index (χ0n) is 31.5. The van der Waals surface area contributed by atoms with Gasteiger partial charge in [0.05, 0.1) is 16.8 Å². The highest BCUT2D eigenvalue weighted by atomic mass is 19.1. The molecule has 0 unspecified atom stereocenters. The van der Waals surface area contributed by atoms with E-state index in [0.717, 1.165) is 93.3 Å². The zero-order chi connectivity index (χ0) is 40.3. The highest BCUT2D eigenvalue weighted by Crippen LogP contribution is 2.43. The first kappa shape index (κ1) is 37.4. The van der Waals surface area contributed by atoms with Gasteiger partial charge in [0.25, 0.3) is 5.91 Å². The van der Waals surface area contributed by atoms with Gasteiger partial charge in [-0.3, -0.25) is 24.5 Å². The number of nitrogens with one attached hydrogen (secondary N) is 3. The molecule has 12 nitrogen and oxygen atoms in total. The standard InChI is InChI=1S/C43H41F3N8O4/c44-32-7-8-34(47)38(46)37(32)39(56)31-18-49-40-30(31)15-26(17-48-40)25-1-3-27(4-2-25)53-13-11-24(12-14-53)19-52-20-43(21-52)22-54(23-43)28-5-6-29(33(45)16-28)41(57)50-35-9-10-36(55)51-42(35)58/h1-8,15-18,24,35H,9-14,19-23,47H2,(H,48,49)(H,50,57)(H,51,55,58)/t35-/m0/s1. The summed E-state index contributed by atoms with van der Waals surface area (Å²) in [7, 11) is 0. The number of nitrogens with zero attached hydrogens (tertiary/aromatic N) is 4. The summed E-state index contributed by atoms with van der Waals surface area (Å²) in [6.45, 7) is 6.62. The van der Waals surface area contributed by atoms with Crippen LogP contribution in [0.25, 0.3) is 22.2 Å². The largest absolute Gasteiger partial charge is 0.396 e. The van der Waals surface area contributed by atoms with E-state index in [2.05, 4.69) is 47.4 Å². The molecule has 1 spiro atoms. The Labute approximate surface area is 331 Å². The third-order valence-corrected chi connectivity index (χ3v) is 12.1. The first-order chi connectivity index (χ1) is 27.9. The molecule has 6 heterocycles. The third kappa shape index (κ3) is 6.93. The first-order valence-electron chi connectivity index (χ1n) is 19.5. The van der Waals surface area contributed by atoms with Gasteiger partial charge in [-0.25, -0.2) is 18.2 Å². The number of hydrogen-bond donors (Lipinski definition) is 4. The van der Waals surface area contributed by atoms with Crippen molar-refractivity contribution in [1.29, 1.82) is 0 Å². The van der Waals surface area contributed by atoms with Crippen molar-refractivity contribution in [3.63, 3.8) is 0 Å². The number of pyridine rings is 1. The van der Waals surface area contributed by atoms with Gasteiger partial charge >= 0.3 is 0 Å². The second-order valence-corrected chi connectivity index (χ2v) is 16.1. The van der Waals surface area contributed by atoms with Crippen LogP contribution >= 0.6 is 0 Å². The van der Waals surface area contributed by atoms with Crippen molar-refractivity contribution in [2.24, 2.45) is 11.3 Å². The number of halogens is 3. The van der Waals surface area contributed by atoms with Crippen LogP contribution in [0.5, 0.6) is 0 Å². The van der Waals surface area contributed by atoms with Gasteiger partial charge in [-0.15, -0.1) is 0 Å². The average molecular weight is 791 g/mol. The second-order valence-electron chi connectivity index (χ2n) is 16.1. The molecular weight excluding hydrogens is 750 g/mol. The molecule has 5 N–H and O–H groups in total. The quantitative estimate of drug-likeness (QED) is 0.0914. The Bertz CT molecular complexity index is 2470. The van der Waals surface area contributed by atoms with Gasteiger partial charge < -0.3 is 30.7 Å². The number of carbonyl (C=O) groups is 4. The maximum Gasteiger partial charge on any atom is 0.254 e. The molecule has 0 saturated carbocycles. The van der Waals surface area contributed by atoms with Gasteiger partial charge in [0.15, 0.2) is 5.82 Å². The number of imide groups is 1. The lowest BCUT2D eigenvalue weighted by molar-refractivity contribution is -0.134.